The van der Waals surface area contributed by atoms with Crippen LogP contribution in [-0.4, -0.2) is 95.9 Å². The standard InChI is InChI=1S/C42H54N6O6/c1-6-46-31-19-14-12-17-29(31)41(2,3)34(46)21-9-7-10-22-35-42(4,5)30-18-13-15-20-32(30)47(35)24-16-8-11-23-36(50)43-25-28-26-48(45-44-28)37-39(52)38(51)33(27-49)54-40(37)53/h7,9-10,12-15,17-22,26,33,37-40,49,51-53H,6,8,11,16,23-25,27H2,1-5H3/p+1. The van der Waals surface area contributed by atoms with E-state index in [1.165, 1.54) is 44.8 Å². The summed E-state index contributed by atoms with van der Waals surface area (Å²) >= 11 is 0. The molecule has 5 atom stereocenters. The van der Waals surface area contributed by atoms with Gasteiger partial charge in [0.15, 0.2) is 12.0 Å². The maximum absolute atomic E-state index is 12.7. The summed E-state index contributed by atoms with van der Waals surface area (Å²) in [6.07, 6.45) is 9.83. The minimum absolute atomic E-state index is 0.0662. The van der Waals surface area contributed by atoms with Gasteiger partial charge in [0.2, 0.25) is 11.6 Å². The fourth-order valence-electron chi connectivity index (χ4n) is 8.14. The monoisotopic (exact) mass is 739 g/mol. The topological polar surface area (TPSA) is 156 Å². The molecule has 0 saturated carbocycles. The van der Waals surface area contributed by atoms with Crippen molar-refractivity contribution in [1.82, 2.24) is 20.3 Å². The molecule has 0 radical (unpaired) electrons. The number of allylic oxidation sites excluding steroid dienone is 6. The third-order valence-corrected chi connectivity index (χ3v) is 11.1. The van der Waals surface area contributed by atoms with E-state index in [-0.39, 0.29) is 23.3 Å². The van der Waals surface area contributed by atoms with Crippen molar-refractivity contribution in [3.05, 3.63) is 108 Å². The Hall–Kier alpha value is -4.46. The Balaban J connectivity index is 1.03. The van der Waals surface area contributed by atoms with Crippen LogP contribution in [0.3, 0.4) is 0 Å². The number of aliphatic hydroxyl groups excluding tert-OH is 4. The molecule has 6 rings (SSSR count). The van der Waals surface area contributed by atoms with E-state index < -0.39 is 37.3 Å². The first-order valence-electron chi connectivity index (χ1n) is 19.0. The quantitative estimate of drug-likeness (QED) is 0.0924. The highest BCUT2D eigenvalue weighted by molar-refractivity contribution is 6.03. The molecule has 1 fully saturated rings. The number of amides is 1. The summed E-state index contributed by atoms with van der Waals surface area (Å²) < 4.78 is 8.84. The fraction of sp³-hybridized carbons (Fsp3) is 0.476. The molecule has 0 aliphatic carbocycles. The molecule has 5 N–H and O–H groups in total. The molecular formula is C42H55N6O6+. The molecule has 12 nitrogen and oxygen atoms in total. The summed E-state index contributed by atoms with van der Waals surface area (Å²) in [5.74, 6) is -0.108. The summed E-state index contributed by atoms with van der Waals surface area (Å²) in [4.78, 5) is 15.1. The highest BCUT2D eigenvalue weighted by Gasteiger charge is 2.46. The Labute approximate surface area is 317 Å². The zero-order chi connectivity index (χ0) is 38.6. The summed E-state index contributed by atoms with van der Waals surface area (Å²) in [5, 5.41) is 51.1. The van der Waals surface area contributed by atoms with Crippen molar-refractivity contribution in [3.63, 3.8) is 0 Å². The molecule has 0 spiro atoms. The lowest BCUT2D eigenvalue weighted by Crippen LogP contribution is -2.56. The molecule has 3 aliphatic rings. The van der Waals surface area contributed by atoms with Gasteiger partial charge in [-0.05, 0) is 51.3 Å². The Morgan fingerprint density at radius 1 is 0.944 bits per heavy atom. The first-order valence-corrected chi connectivity index (χ1v) is 19.0. The number of para-hydroxylation sites is 2. The number of ether oxygens (including phenoxy) is 1. The molecule has 4 heterocycles. The normalized spacial score (nSPS) is 25.2. The number of nitrogens with zero attached hydrogens (tertiary/aromatic N) is 5. The van der Waals surface area contributed by atoms with Gasteiger partial charge in [0.05, 0.1) is 24.8 Å². The van der Waals surface area contributed by atoms with Gasteiger partial charge in [-0.15, -0.1) is 5.10 Å². The molecule has 2 aromatic carbocycles. The van der Waals surface area contributed by atoms with Crippen LogP contribution in [0, 0.1) is 0 Å². The van der Waals surface area contributed by atoms with Crippen molar-refractivity contribution in [1.29, 1.82) is 0 Å². The Bertz CT molecular complexity index is 1930. The molecular weight excluding hydrogens is 684 g/mol. The highest BCUT2D eigenvalue weighted by Crippen LogP contribution is 2.47. The average molecular weight is 740 g/mol. The lowest BCUT2D eigenvalue weighted by molar-refractivity contribution is -0.438. The first kappa shape index (κ1) is 39.2. The van der Waals surface area contributed by atoms with Gasteiger partial charge in [-0.2, -0.15) is 4.58 Å². The van der Waals surface area contributed by atoms with Crippen molar-refractivity contribution in [3.8, 4) is 0 Å². The second-order valence-electron chi connectivity index (χ2n) is 15.4. The van der Waals surface area contributed by atoms with Crippen molar-refractivity contribution in [2.75, 3.05) is 24.6 Å². The largest absolute Gasteiger partial charge is 0.394 e. The molecule has 1 saturated heterocycles. The van der Waals surface area contributed by atoms with Crippen LogP contribution in [0.15, 0.2) is 90.8 Å². The number of carbonyl (C=O) groups excluding carboxylic acids is 1. The number of likely N-dealkylation sites (N-methyl/N-ethyl adjacent to an activating group) is 1. The van der Waals surface area contributed by atoms with Crippen LogP contribution in [-0.2, 0) is 26.9 Å². The lowest BCUT2D eigenvalue weighted by Gasteiger charge is -2.39. The van der Waals surface area contributed by atoms with E-state index in [4.69, 9.17) is 4.74 Å². The molecule has 288 valence electrons. The zero-order valence-electron chi connectivity index (χ0n) is 32.0. The number of benzene rings is 2. The van der Waals surface area contributed by atoms with Gasteiger partial charge in [-0.1, -0.05) is 73.7 Å². The SMILES string of the molecule is CCN1C(=CC=CC=CC2=[N+](CCCCCC(=O)NCc3cn(C4C(O)OC(CO)C(O)C4O)nn3)c3ccccc3C2(C)C)C(C)(C)c2ccccc21. The number of hydrogen-bond acceptors (Lipinski definition) is 9. The number of aromatic nitrogens is 3. The summed E-state index contributed by atoms with van der Waals surface area (Å²) in [5.41, 5.74) is 7.93. The van der Waals surface area contributed by atoms with Gasteiger partial charge >= 0.3 is 0 Å². The first-order chi connectivity index (χ1) is 25.9. The van der Waals surface area contributed by atoms with E-state index >= 15 is 0 Å². The number of anilines is 1. The molecule has 3 aromatic rings. The molecule has 5 unspecified atom stereocenters. The third-order valence-electron chi connectivity index (χ3n) is 11.1. The van der Waals surface area contributed by atoms with Crippen LogP contribution in [0.5, 0.6) is 0 Å². The molecule has 54 heavy (non-hydrogen) atoms. The number of unbranched alkanes of at least 4 members (excludes halogenated alkanes) is 2. The van der Waals surface area contributed by atoms with E-state index in [0.29, 0.717) is 12.1 Å². The maximum Gasteiger partial charge on any atom is 0.220 e. The third kappa shape index (κ3) is 7.71. The number of nitrogens with one attached hydrogen (secondary N) is 1. The van der Waals surface area contributed by atoms with Crippen LogP contribution in [0.2, 0.25) is 0 Å². The minimum atomic E-state index is -1.50. The molecule has 1 amide bonds. The predicted molar refractivity (Wildman–Crippen MR) is 207 cm³/mol. The van der Waals surface area contributed by atoms with Crippen LogP contribution < -0.4 is 10.2 Å². The Morgan fingerprint density at radius 2 is 1.69 bits per heavy atom. The van der Waals surface area contributed by atoms with Crippen LogP contribution in [0.25, 0.3) is 0 Å². The summed E-state index contributed by atoms with van der Waals surface area (Å²) in [6.45, 7) is 12.7. The second kappa shape index (κ2) is 16.5. The number of aliphatic hydroxyl groups is 4. The van der Waals surface area contributed by atoms with E-state index in [1.54, 1.807) is 0 Å². The number of hydrogen-bond donors (Lipinski definition) is 5. The number of rotatable bonds is 14. The van der Waals surface area contributed by atoms with E-state index in [1.807, 2.05) is 0 Å². The predicted octanol–water partition coefficient (Wildman–Crippen LogP) is 4.32. The van der Waals surface area contributed by atoms with Gasteiger partial charge in [0.25, 0.3) is 0 Å². The summed E-state index contributed by atoms with van der Waals surface area (Å²) in [6, 6.07) is 16.2. The van der Waals surface area contributed by atoms with Crippen LogP contribution in [0.4, 0.5) is 11.4 Å². The van der Waals surface area contributed by atoms with Crippen molar-refractivity contribution in [2.24, 2.45) is 0 Å². The zero-order valence-corrected chi connectivity index (χ0v) is 32.0. The van der Waals surface area contributed by atoms with Gasteiger partial charge in [-0.3, -0.25) is 4.79 Å². The second-order valence-corrected chi connectivity index (χ2v) is 15.4. The average Bonchev–Trinajstić information content (AvgIpc) is 3.77. The van der Waals surface area contributed by atoms with Crippen LogP contribution in [0.1, 0.15) is 83.2 Å². The molecule has 0 bridgehead atoms. The smallest absolute Gasteiger partial charge is 0.220 e. The van der Waals surface area contributed by atoms with Crippen LogP contribution >= 0.6 is 0 Å². The molecule has 12 heteroatoms. The van der Waals surface area contributed by atoms with E-state index in [2.05, 4.69) is 139 Å². The molecule has 1 aromatic heterocycles. The lowest BCUT2D eigenvalue weighted by atomic mass is 9.81. The van der Waals surface area contributed by atoms with Gasteiger partial charge in [0.1, 0.15) is 36.6 Å². The van der Waals surface area contributed by atoms with E-state index in [0.717, 1.165) is 32.4 Å². The van der Waals surface area contributed by atoms with Crippen molar-refractivity contribution >= 4 is 23.0 Å². The Kier molecular flexibility index (Phi) is 12.0. The van der Waals surface area contributed by atoms with Crippen molar-refractivity contribution < 1.29 is 34.5 Å². The van der Waals surface area contributed by atoms with Gasteiger partial charge in [0, 0.05) is 53.9 Å². The minimum Gasteiger partial charge on any atom is -0.394 e. The highest BCUT2D eigenvalue weighted by atomic mass is 16.6. The number of fused-ring (bicyclic) bond motifs is 2. The van der Waals surface area contributed by atoms with Gasteiger partial charge < -0.3 is 35.4 Å². The summed E-state index contributed by atoms with van der Waals surface area (Å²) in [7, 11) is 0. The maximum atomic E-state index is 12.7. The van der Waals surface area contributed by atoms with Gasteiger partial charge in [-0.25, -0.2) is 4.68 Å². The van der Waals surface area contributed by atoms with Crippen molar-refractivity contribution in [2.45, 2.75) is 108 Å². The fourth-order valence-corrected chi connectivity index (χ4v) is 8.14. The number of carbonyl (C=O) groups is 1. The Morgan fingerprint density at radius 3 is 2.44 bits per heavy atom. The molecule has 3 aliphatic heterocycles. The van der Waals surface area contributed by atoms with E-state index in [9.17, 15) is 25.2 Å².